The average molecular weight is 794 g/mol. The molecule has 0 aliphatic heterocycles. The van der Waals surface area contributed by atoms with Gasteiger partial charge in [0.15, 0.2) is 0 Å². The Morgan fingerprint density at radius 2 is 0.887 bits per heavy atom. The Morgan fingerprint density at radius 1 is 0.290 bits per heavy atom. The van der Waals surface area contributed by atoms with Gasteiger partial charge in [0.1, 0.15) is 33.5 Å². The van der Waals surface area contributed by atoms with E-state index in [9.17, 15) is 0 Å². The van der Waals surface area contributed by atoms with Crippen LogP contribution in [0.1, 0.15) is 0 Å². The third-order valence-electron chi connectivity index (χ3n) is 12.5. The topological polar surface area (TPSA) is 42.7 Å². The standard InChI is InChI=1S/C58H35NO3/c1-2-11-36(12-3-1)38-23-27-42(28-24-38)59(43-29-25-39(26-30-43)45-17-10-18-48-46-15-6-8-19-51(46)61-57(45)48)44-31-32-47-50-35-54-56(49-16-7-9-20-52(49)60-54)55(58(50)62-53(47)34-44)41-22-21-37-13-4-5-14-40(37)33-41/h1-35H. The van der Waals surface area contributed by atoms with Crippen molar-refractivity contribution < 1.29 is 13.3 Å². The van der Waals surface area contributed by atoms with E-state index >= 15 is 0 Å². The number of furan rings is 3. The summed E-state index contributed by atoms with van der Waals surface area (Å²) in [5.41, 5.74) is 14.8. The van der Waals surface area contributed by atoms with Crippen molar-refractivity contribution in [3.05, 3.63) is 212 Å². The van der Waals surface area contributed by atoms with Crippen LogP contribution in [-0.2, 0) is 0 Å². The van der Waals surface area contributed by atoms with Crippen LogP contribution in [0.15, 0.2) is 226 Å². The first-order valence-corrected chi connectivity index (χ1v) is 21.0. The van der Waals surface area contributed by atoms with Crippen LogP contribution in [0.2, 0.25) is 0 Å². The molecule has 0 aliphatic carbocycles. The second kappa shape index (κ2) is 13.6. The smallest absolute Gasteiger partial charge is 0.144 e. The Balaban J connectivity index is 0.986. The Hall–Kier alpha value is -8.34. The molecule has 0 amide bonds. The molecule has 4 nitrogen and oxygen atoms in total. The Morgan fingerprint density at radius 3 is 1.69 bits per heavy atom. The van der Waals surface area contributed by atoms with Crippen LogP contribution in [0.25, 0.3) is 110 Å². The van der Waals surface area contributed by atoms with Gasteiger partial charge in [-0.3, -0.25) is 0 Å². The van der Waals surface area contributed by atoms with Gasteiger partial charge in [-0.1, -0.05) is 146 Å². The first kappa shape index (κ1) is 34.5. The van der Waals surface area contributed by atoms with Crippen molar-refractivity contribution in [1.82, 2.24) is 0 Å². The maximum absolute atomic E-state index is 7.08. The summed E-state index contributed by atoms with van der Waals surface area (Å²) in [6, 6.07) is 74.9. The van der Waals surface area contributed by atoms with Gasteiger partial charge in [-0.25, -0.2) is 0 Å². The molecule has 0 fully saturated rings. The maximum Gasteiger partial charge on any atom is 0.144 e. The Labute approximate surface area is 356 Å². The minimum Gasteiger partial charge on any atom is -0.456 e. The van der Waals surface area contributed by atoms with Gasteiger partial charge < -0.3 is 18.2 Å². The summed E-state index contributed by atoms with van der Waals surface area (Å²) < 4.78 is 20.1. The predicted octanol–water partition coefficient (Wildman–Crippen LogP) is 17.0. The van der Waals surface area contributed by atoms with Crippen molar-refractivity contribution in [2.45, 2.75) is 0 Å². The molecule has 4 heteroatoms. The van der Waals surface area contributed by atoms with Gasteiger partial charge in [0.2, 0.25) is 0 Å². The van der Waals surface area contributed by atoms with Crippen molar-refractivity contribution >= 4 is 93.7 Å². The lowest BCUT2D eigenvalue weighted by atomic mass is 9.95. The van der Waals surface area contributed by atoms with Gasteiger partial charge >= 0.3 is 0 Å². The molecule has 290 valence electrons. The van der Waals surface area contributed by atoms with Crippen LogP contribution in [0.4, 0.5) is 17.1 Å². The zero-order valence-corrected chi connectivity index (χ0v) is 33.4. The molecule has 62 heavy (non-hydrogen) atoms. The number of nitrogens with zero attached hydrogens (tertiary/aromatic N) is 1. The molecule has 0 aliphatic rings. The lowest BCUT2D eigenvalue weighted by Crippen LogP contribution is -2.09. The van der Waals surface area contributed by atoms with Crippen LogP contribution in [0, 0.1) is 0 Å². The van der Waals surface area contributed by atoms with E-state index in [4.69, 9.17) is 13.3 Å². The second-order valence-electron chi connectivity index (χ2n) is 16.0. The van der Waals surface area contributed by atoms with Gasteiger partial charge in [-0.05, 0) is 93.7 Å². The predicted molar refractivity (Wildman–Crippen MR) is 257 cm³/mol. The SMILES string of the molecule is c1ccc(-c2ccc(N(c3ccc(-c4cccc5c4oc4ccccc45)cc3)c3ccc4c(c3)oc3c(-c5ccc6ccccc6c5)c5c(cc34)oc3ccccc35)cc2)cc1. The number of para-hydroxylation sites is 3. The summed E-state index contributed by atoms with van der Waals surface area (Å²) in [7, 11) is 0. The van der Waals surface area contributed by atoms with Gasteiger partial charge in [0.05, 0.1) is 0 Å². The molecule has 13 rings (SSSR count). The quantitative estimate of drug-likeness (QED) is 0.168. The third-order valence-corrected chi connectivity index (χ3v) is 12.5. The number of hydrogen-bond donors (Lipinski definition) is 0. The molecule has 0 atom stereocenters. The van der Waals surface area contributed by atoms with Gasteiger partial charge in [-0.15, -0.1) is 0 Å². The highest BCUT2D eigenvalue weighted by molar-refractivity contribution is 6.24. The molecule has 0 spiro atoms. The summed E-state index contributed by atoms with van der Waals surface area (Å²) in [6.07, 6.45) is 0. The summed E-state index contributed by atoms with van der Waals surface area (Å²) >= 11 is 0. The normalized spacial score (nSPS) is 11.9. The number of benzene rings is 10. The van der Waals surface area contributed by atoms with E-state index in [2.05, 4.69) is 193 Å². The number of anilines is 3. The Kier molecular flexibility index (Phi) is 7.57. The van der Waals surface area contributed by atoms with Crippen molar-refractivity contribution in [3.63, 3.8) is 0 Å². The van der Waals surface area contributed by atoms with Crippen LogP contribution < -0.4 is 4.90 Å². The first-order valence-electron chi connectivity index (χ1n) is 21.0. The van der Waals surface area contributed by atoms with Crippen LogP contribution in [-0.4, -0.2) is 0 Å². The number of rotatable bonds is 6. The summed E-state index contributed by atoms with van der Waals surface area (Å²) in [5.74, 6) is 0. The van der Waals surface area contributed by atoms with Gasteiger partial charge in [0, 0.05) is 66.6 Å². The van der Waals surface area contributed by atoms with Gasteiger partial charge in [-0.2, -0.15) is 0 Å². The van der Waals surface area contributed by atoms with Crippen LogP contribution >= 0.6 is 0 Å². The van der Waals surface area contributed by atoms with Gasteiger partial charge in [0.25, 0.3) is 0 Å². The first-order chi connectivity index (χ1) is 30.7. The minimum absolute atomic E-state index is 0.801. The van der Waals surface area contributed by atoms with Crippen LogP contribution in [0.3, 0.4) is 0 Å². The summed E-state index contributed by atoms with van der Waals surface area (Å²) in [4.78, 5) is 2.30. The van der Waals surface area contributed by atoms with Crippen LogP contribution in [0.5, 0.6) is 0 Å². The van der Waals surface area contributed by atoms with E-state index in [1.807, 2.05) is 24.3 Å². The summed E-state index contributed by atoms with van der Waals surface area (Å²) in [6.45, 7) is 0. The number of hydrogen-bond acceptors (Lipinski definition) is 4. The molecule has 10 aromatic carbocycles. The molecule has 0 radical (unpaired) electrons. The molecule has 0 unspecified atom stereocenters. The number of fused-ring (bicyclic) bond motifs is 10. The van der Waals surface area contributed by atoms with E-state index in [1.165, 1.54) is 16.3 Å². The summed E-state index contributed by atoms with van der Waals surface area (Å²) in [5, 5.41) is 8.79. The molecular formula is C58H35NO3. The second-order valence-corrected chi connectivity index (χ2v) is 16.0. The van der Waals surface area contributed by atoms with E-state index in [0.717, 1.165) is 111 Å². The van der Waals surface area contributed by atoms with Crippen molar-refractivity contribution in [2.24, 2.45) is 0 Å². The third kappa shape index (κ3) is 5.40. The van der Waals surface area contributed by atoms with Crippen molar-refractivity contribution in [1.29, 1.82) is 0 Å². The van der Waals surface area contributed by atoms with E-state index in [1.54, 1.807) is 0 Å². The fraction of sp³-hybridized carbons (Fsp3) is 0. The molecule has 3 heterocycles. The Bertz CT molecular complexity index is 3850. The maximum atomic E-state index is 7.08. The monoisotopic (exact) mass is 793 g/mol. The zero-order chi connectivity index (χ0) is 40.7. The highest BCUT2D eigenvalue weighted by Gasteiger charge is 2.23. The lowest BCUT2D eigenvalue weighted by Gasteiger charge is -2.26. The molecule has 0 bridgehead atoms. The van der Waals surface area contributed by atoms with E-state index in [-0.39, 0.29) is 0 Å². The average Bonchev–Trinajstić information content (AvgIpc) is 4.02. The highest BCUT2D eigenvalue weighted by Crippen LogP contribution is 2.47. The zero-order valence-electron chi connectivity index (χ0n) is 33.4. The molecule has 0 saturated heterocycles. The van der Waals surface area contributed by atoms with Crippen molar-refractivity contribution in [2.75, 3.05) is 4.90 Å². The molecule has 0 N–H and O–H groups in total. The molecular weight excluding hydrogens is 759 g/mol. The molecule has 13 aromatic rings. The van der Waals surface area contributed by atoms with Crippen molar-refractivity contribution in [3.8, 4) is 33.4 Å². The van der Waals surface area contributed by atoms with E-state index < -0.39 is 0 Å². The minimum atomic E-state index is 0.801. The molecule has 3 aromatic heterocycles. The fourth-order valence-corrected chi connectivity index (χ4v) is 9.51. The van der Waals surface area contributed by atoms with E-state index in [0.29, 0.717) is 0 Å². The fourth-order valence-electron chi connectivity index (χ4n) is 9.51. The lowest BCUT2D eigenvalue weighted by molar-refractivity contribution is 0.664. The largest absolute Gasteiger partial charge is 0.456 e. The molecule has 0 saturated carbocycles. The highest BCUT2D eigenvalue weighted by atomic mass is 16.3.